The molecule has 0 radical (unpaired) electrons. The summed E-state index contributed by atoms with van der Waals surface area (Å²) in [7, 11) is 4.87. The molecule has 0 bridgehead atoms. The molecule has 1 heterocycles. The molecule has 2 rings (SSSR count). The highest BCUT2D eigenvalue weighted by Crippen LogP contribution is 2.41. The van der Waals surface area contributed by atoms with Crippen LogP contribution in [0.2, 0.25) is 0 Å². The second kappa shape index (κ2) is 5.27. The predicted molar refractivity (Wildman–Crippen MR) is 64.3 cm³/mol. The van der Waals surface area contributed by atoms with Crippen molar-refractivity contribution >= 4 is 0 Å². The maximum atomic E-state index is 5.40. The van der Waals surface area contributed by atoms with Crippen LogP contribution >= 0.6 is 0 Å². The van der Waals surface area contributed by atoms with Crippen LogP contribution in [0, 0.1) is 0 Å². The highest BCUT2D eigenvalue weighted by atomic mass is 16.5. The minimum atomic E-state index is 0.420. The number of ether oxygens (including phenoxy) is 4. The van der Waals surface area contributed by atoms with E-state index in [1.165, 1.54) is 5.56 Å². The molecule has 1 aliphatic rings. The average molecular weight is 238 g/mol. The van der Waals surface area contributed by atoms with Gasteiger partial charge in [0.2, 0.25) is 5.75 Å². The lowest BCUT2D eigenvalue weighted by molar-refractivity contribution is 0.194. The van der Waals surface area contributed by atoms with Gasteiger partial charge >= 0.3 is 0 Å². The van der Waals surface area contributed by atoms with Crippen molar-refractivity contribution in [2.24, 2.45) is 0 Å². The van der Waals surface area contributed by atoms with Crippen LogP contribution in [0.4, 0.5) is 0 Å². The molecule has 1 saturated heterocycles. The first-order valence-corrected chi connectivity index (χ1v) is 5.67. The Labute approximate surface area is 101 Å². The van der Waals surface area contributed by atoms with E-state index in [2.05, 4.69) is 0 Å². The number of methoxy groups -OCH3 is 3. The average Bonchev–Trinajstić information content (AvgIpc) is 2.90. The Morgan fingerprint density at radius 1 is 1.06 bits per heavy atom. The summed E-state index contributed by atoms with van der Waals surface area (Å²) in [5.41, 5.74) is 1.18. The van der Waals surface area contributed by atoms with Crippen molar-refractivity contribution in [1.29, 1.82) is 0 Å². The summed E-state index contributed by atoms with van der Waals surface area (Å²) in [6.45, 7) is 1.58. The van der Waals surface area contributed by atoms with Gasteiger partial charge in [-0.15, -0.1) is 0 Å². The quantitative estimate of drug-likeness (QED) is 0.806. The van der Waals surface area contributed by atoms with Gasteiger partial charge in [-0.25, -0.2) is 0 Å². The summed E-state index contributed by atoms with van der Waals surface area (Å²) in [6.07, 6.45) is 1.04. The van der Waals surface area contributed by atoms with Gasteiger partial charge < -0.3 is 18.9 Å². The van der Waals surface area contributed by atoms with Crippen LogP contribution in [0.1, 0.15) is 17.9 Å². The first kappa shape index (κ1) is 12.0. The summed E-state index contributed by atoms with van der Waals surface area (Å²) < 4.78 is 21.4. The first-order chi connectivity index (χ1) is 8.30. The molecule has 0 spiro atoms. The van der Waals surface area contributed by atoms with Crippen LogP contribution in [-0.4, -0.2) is 34.5 Å². The maximum Gasteiger partial charge on any atom is 0.203 e. The van der Waals surface area contributed by atoms with Crippen LogP contribution in [-0.2, 0) is 4.74 Å². The topological polar surface area (TPSA) is 36.9 Å². The largest absolute Gasteiger partial charge is 0.493 e. The zero-order valence-corrected chi connectivity index (χ0v) is 10.5. The molecular weight excluding hydrogens is 220 g/mol. The molecule has 0 unspecified atom stereocenters. The Balaban J connectivity index is 2.40. The van der Waals surface area contributed by atoms with Crippen LogP contribution < -0.4 is 14.2 Å². The second-order valence-corrected chi connectivity index (χ2v) is 4.02. The van der Waals surface area contributed by atoms with Gasteiger partial charge in [-0.3, -0.25) is 0 Å². The van der Waals surface area contributed by atoms with Crippen molar-refractivity contribution in [3.05, 3.63) is 17.7 Å². The highest BCUT2D eigenvalue weighted by molar-refractivity contribution is 5.54. The molecule has 0 aliphatic carbocycles. The van der Waals surface area contributed by atoms with Crippen LogP contribution in [0.3, 0.4) is 0 Å². The minimum Gasteiger partial charge on any atom is -0.493 e. The normalized spacial score (nSPS) is 19.1. The summed E-state index contributed by atoms with van der Waals surface area (Å²) in [5, 5.41) is 0. The molecule has 94 valence electrons. The van der Waals surface area contributed by atoms with E-state index in [9.17, 15) is 0 Å². The SMILES string of the molecule is COc1cc([C@@H]2CCOC2)cc(OC)c1OC. The number of hydrogen-bond acceptors (Lipinski definition) is 4. The number of hydrogen-bond donors (Lipinski definition) is 0. The second-order valence-electron chi connectivity index (χ2n) is 4.02. The van der Waals surface area contributed by atoms with Crippen molar-refractivity contribution in [3.8, 4) is 17.2 Å². The first-order valence-electron chi connectivity index (χ1n) is 5.67. The molecule has 1 aromatic rings. The third-order valence-electron chi connectivity index (χ3n) is 3.09. The summed E-state index contributed by atoms with van der Waals surface area (Å²) in [4.78, 5) is 0. The summed E-state index contributed by atoms with van der Waals surface area (Å²) in [5.74, 6) is 2.46. The molecule has 4 nitrogen and oxygen atoms in total. The van der Waals surface area contributed by atoms with Crippen molar-refractivity contribution in [2.75, 3.05) is 34.5 Å². The minimum absolute atomic E-state index is 0.420. The van der Waals surface area contributed by atoms with Gasteiger partial charge in [-0.1, -0.05) is 0 Å². The Morgan fingerprint density at radius 3 is 2.12 bits per heavy atom. The van der Waals surface area contributed by atoms with E-state index < -0.39 is 0 Å². The molecule has 0 amide bonds. The lowest BCUT2D eigenvalue weighted by atomic mass is 9.97. The molecular formula is C13H18O4. The zero-order valence-electron chi connectivity index (χ0n) is 10.5. The van der Waals surface area contributed by atoms with E-state index in [4.69, 9.17) is 18.9 Å². The molecule has 17 heavy (non-hydrogen) atoms. The van der Waals surface area contributed by atoms with Crippen molar-refractivity contribution in [1.82, 2.24) is 0 Å². The molecule has 1 fully saturated rings. The van der Waals surface area contributed by atoms with Crippen LogP contribution in [0.5, 0.6) is 17.2 Å². The monoisotopic (exact) mass is 238 g/mol. The molecule has 1 atom stereocenters. The smallest absolute Gasteiger partial charge is 0.203 e. The lowest BCUT2D eigenvalue weighted by Crippen LogP contribution is -2.01. The molecule has 0 aromatic heterocycles. The van der Waals surface area contributed by atoms with Gasteiger partial charge in [0, 0.05) is 12.5 Å². The van der Waals surface area contributed by atoms with E-state index in [0.29, 0.717) is 23.2 Å². The van der Waals surface area contributed by atoms with Gasteiger partial charge in [0.15, 0.2) is 11.5 Å². The van der Waals surface area contributed by atoms with Gasteiger partial charge in [0.05, 0.1) is 27.9 Å². The fourth-order valence-corrected chi connectivity index (χ4v) is 2.13. The van der Waals surface area contributed by atoms with Gasteiger partial charge in [-0.2, -0.15) is 0 Å². The maximum absolute atomic E-state index is 5.40. The van der Waals surface area contributed by atoms with Crippen LogP contribution in [0.15, 0.2) is 12.1 Å². The van der Waals surface area contributed by atoms with Crippen molar-refractivity contribution < 1.29 is 18.9 Å². The highest BCUT2D eigenvalue weighted by Gasteiger charge is 2.22. The van der Waals surface area contributed by atoms with E-state index in [1.807, 2.05) is 12.1 Å². The van der Waals surface area contributed by atoms with Gasteiger partial charge in [0.25, 0.3) is 0 Å². The fourth-order valence-electron chi connectivity index (χ4n) is 2.13. The standard InChI is InChI=1S/C13H18O4/c1-14-11-6-10(9-4-5-17-8-9)7-12(15-2)13(11)16-3/h6-7,9H,4-5,8H2,1-3H3/t9-/m1/s1. The van der Waals surface area contributed by atoms with Crippen molar-refractivity contribution in [2.45, 2.75) is 12.3 Å². The lowest BCUT2D eigenvalue weighted by Gasteiger charge is -2.16. The predicted octanol–water partition coefficient (Wildman–Crippen LogP) is 2.22. The van der Waals surface area contributed by atoms with E-state index >= 15 is 0 Å². The molecule has 0 saturated carbocycles. The fraction of sp³-hybridized carbons (Fsp3) is 0.538. The number of benzene rings is 1. The Hall–Kier alpha value is -1.42. The van der Waals surface area contributed by atoms with Gasteiger partial charge in [0.1, 0.15) is 0 Å². The van der Waals surface area contributed by atoms with Gasteiger partial charge in [-0.05, 0) is 24.1 Å². The van der Waals surface area contributed by atoms with E-state index in [1.54, 1.807) is 21.3 Å². The van der Waals surface area contributed by atoms with Crippen LogP contribution in [0.25, 0.3) is 0 Å². The Kier molecular flexibility index (Phi) is 3.74. The van der Waals surface area contributed by atoms with E-state index in [-0.39, 0.29) is 0 Å². The third-order valence-corrected chi connectivity index (χ3v) is 3.09. The zero-order chi connectivity index (χ0) is 12.3. The molecule has 4 heteroatoms. The summed E-state index contributed by atoms with van der Waals surface area (Å²) in [6, 6.07) is 4.00. The van der Waals surface area contributed by atoms with E-state index in [0.717, 1.165) is 19.6 Å². The Morgan fingerprint density at radius 2 is 1.71 bits per heavy atom. The molecule has 1 aromatic carbocycles. The molecule has 1 aliphatic heterocycles. The number of rotatable bonds is 4. The Bertz CT molecular complexity index is 358. The van der Waals surface area contributed by atoms with Crippen molar-refractivity contribution in [3.63, 3.8) is 0 Å². The molecule has 0 N–H and O–H groups in total. The summed E-state index contributed by atoms with van der Waals surface area (Å²) >= 11 is 0. The third kappa shape index (κ3) is 2.31.